The summed E-state index contributed by atoms with van der Waals surface area (Å²) in [4.78, 5) is 28.2. The lowest BCUT2D eigenvalue weighted by Crippen LogP contribution is -2.37. The first-order valence-electron chi connectivity index (χ1n) is 8.55. The summed E-state index contributed by atoms with van der Waals surface area (Å²) in [5, 5.41) is 12.2. The van der Waals surface area contributed by atoms with E-state index in [0.717, 1.165) is 32.6 Å². The molecule has 7 nitrogen and oxygen atoms in total. The van der Waals surface area contributed by atoms with Crippen LogP contribution in [0.5, 0.6) is 5.75 Å². The molecule has 2 N–H and O–H groups in total. The Balaban J connectivity index is 1.91. The highest BCUT2D eigenvalue weighted by Crippen LogP contribution is 2.18. The van der Waals surface area contributed by atoms with Crippen LogP contribution >= 0.6 is 0 Å². The molecule has 0 bridgehead atoms. The van der Waals surface area contributed by atoms with Gasteiger partial charge in [-0.1, -0.05) is 6.07 Å². The standard InChI is InChI=1S/C18H27N3O4/c1-20-7-4-8-21(10-9-20)13-14(18(23)24)11-17(22)19-15-5-3-6-16(12-15)25-2/h3,5-6,12,14H,4,7-11,13H2,1-2H3,(H,19,22)(H,23,24)/t14-/m0/s1. The molecule has 1 aromatic rings. The van der Waals surface area contributed by atoms with Gasteiger partial charge in [0.15, 0.2) is 0 Å². The number of ether oxygens (including phenoxy) is 1. The van der Waals surface area contributed by atoms with Gasteiger partial charge >= 0.3 is 5.97 Å². The Morgan fingerprint density at radius 1 is 1.28 bits per heavy atom. The summed E-state index contributed by atoms with van der Waals surface area (Å²) in [5.41, 5.74) is 0.602. The first kappa shape index (κ1) is 19.2. The van der Waals surface area contributed by atoms with Crippen LogP contribution in [0.4, 0.5) is 5.69 Å². The topological polar surface area (TPSA) is 82.1 Å². The second kappa shape index (κ2) is 9.39. The summed E-state index contributed by atoms with van der Waals surface area (Å²) in [5.74, 6) is -1.30. The van der Waals surface area contributed by atoms with Gasteiger partial charge in [0, 0.05) is 37.8 Å². The molecule has 0 unspecified atom stereocenters. The van der Waals surface area contributed by atoms with Gasteiger partial charge in [0.1, 0.15) is 5.75 Å². The van der Waals surface area contributed by atoms with Gasteiger partial charge in [0.05, 0.1) is 13.0 Å². The van der Waals surface area contributed by atoms with Crippen LogP contribution in [0.15, 0.2) is 24.3 Å². The van der Waals surface area contributed by atoms with Gasteiger partial charge in [0.2, 0.25) is 5.91 Å². The van der Waals surface area contributed by atoms with Crippen molar-refractivity contribution in [3.63, 3.8) is 0 Å². The maximum absolute atomic E-state index is 12.2. The Hall–Kier alpha value is -2.12. The highest BCUT2D eigenvalue weighted by molar-refractivity contribution is 5.93. The lowest BCUT2D eigenvalue weighted by atomic mass is 10.0. The molecule has 0 saturated carbocycles. The summed E-state index contributed by atoms with van der Waals surface area (Å²) in [6.45, 7) is 4.03. The molecule has 1 aliphatic heterocycles. The molecule has 1 aromatic carbocycles. The number of hydrogen-bond donors (Lipinski definition) is 2. The monoisotopic (exact) mass is 349 g/mol. The minimum Gasteiger partial charge on any atom is -0.497 e. The van der Waals surface area contributed by atoms with Crippen molar-refractivity contribution in [3.05, 3.63) is 24.3 Å². The number of amides is 1. The van der Waals surface area contributed by atoms with E-state index in [2.05, 4.69) is 22.2 Å². The number of methoxy groups -OCH3 is 1. The van der Waals surface area contributed by atoms with E-state index in [0.29, 0.717) is 18.0 Å². The molecule has 0 radical (unpaired) electrons. The summed E-state index contributed by atoms with van der Waals surface area (Å²) in [6.07, 6.45) is 0.970. The second-order valence-electron chi connectivity index (χ2n) is 6.48. The van der Waals surface area contributed by atoms with Gasteiger partial charge in [-0.2, -0.15) is 0 Å². The highest BCUT2D eigenvalue weighted by atomic mass is 16.5. The van der Waals surface area contributed by atoms with E-state index in [1.54, 1.807) is 31.4 Å². The number of nitrogens with zero attached hydrogens (tertiary/aromatic N) is 2. The summed E-state index contributed by atoms with van der Waals surface area (Å²) >= 11 is 0. The number of benzene rings is 1. The lowest BCUT2D eigenvalue weighted by Gasteiger charge is -2.23. The van der Waals surface area contributed by atoms with Gasteiger partial charge in [-0.25, -0.2) is 0 Å². The molecule has 1 fully saturated rings. The maximum Gasteiger partial charge on any atom is 0.308 e. The zero-order chi connectivity index (χ0) is 18.2. The van der Waals surface area contributed by atoms with E-state index in [-0.39, 0.29) is 12.3 Å². The van der Waals surface area contributed by atoms with Gasteiger partial charge < -0.3 is 25.0 Å². The highest BCUT2D eigenvalue weighted by Gasteiger charge is 2.25. The van der Waals surface area contributed by atoms with Gasteiger partial charge in [-0.3, -0.25) is 9.59 Å². The first-order valence-corrected chi connectivity index (χ1v) is 8.55. The SMILES string of the molecule is COc1cccc(NC(=O)C[C@@H](CN2CCCN(C)CC2)C(=O)O)c1. The number of hydrogen-bond acceptors (Lipinski definition) is 5. The number of likely N-dealkylation sites (N-methyl/N-ethyl adjacent to an activating group) is 1. The lowest BCUT2D eigenvalue weighted by molar-refractivity contribution is -0.144. The fraction of sp³-hybridized carbons (Fsp3) is 0.556. The number of aliphatic carboxylic acids is 1. The molecule has 1 amide bonds. The molecule has 1 aliphatic rings. The van der Waals surface area contributed by atoms with Crippen molar-refractivity contribution >= 4 is 17.6 Å². The molecular formula is C18H27N3O4. The van der Waals surface area contributed by atoms with Crippen molar-refractivity contribution in [2.45, 2.75) is 12.8 Å². The van der Waals surface area contributed by atoms with Crippen molar-refractivity contribution in [2.75, 3.05) is 52.2 Å². The molecule has 2 rings (SSSR count). The van der Waals surface area contributed by atoms with Gasteiger partial charge in [-0.05, 0) is 38.7 Å². The minimum absolute atomic E-state index is 0.0428. The third-order valence-corrected chi connectivity index (χ3v) is 4.43. The van der Waals surface area contributed by atoms with Crippen LogP contribution in [0.2, 0.25) is 0 Å². The number of rotatable bonds is 7. The van der Waals surface area contributed by atoms with Crippen LogP contribution in [-0.2, 0) is 9.59 Å². The third-order valence-electron chi connectivity index (χ3n) is 4.43. The Bertz CT molecular complexity index is 593. The predicted molar refractivity (Wildman–Crippen MR) is 95.9 cm³/mol. The van der Waals surface area contributed by atoms with Crippen molar-refractivity contribution in [3.8, 4) is 5.75 Å². The van der Waals surface area contributed by atoms with Crippen LogP contribution in [-0.4, -0.2) is 73.7 Å². The summed E-state index contributed by atoms with van der Waals surface area (Å²) < 4.78 is 5.12. The average Bonchev–Trinajstić information content (AvgIpc) is 2.78. The van der Waals surface area contributed by atoms with Crippen LogP contribution < -0.4 is 10.1 Å². The normalized spacial score (nSPS) is 17.5. The number of carbonyl (C=O) groups is 2. The molecule has 7 heteroatoms. The number of nitrogens with one attached hydrogen (secondary N) is 1. The maximum atomic E-state index is 12.2. The Morgan fingerprint density at radius 2 is 2.08 bits per heavy atom. The molecule has 1 atom stereocenters. The van der Waals surface area contributed by atoms with E-state index in [9.17, 15) is 14.7 Å². The number of carboxylic acid groups (broad SMARTS) is 1. The van der Waals surface area contributed by atoms with E-state index < -0.39 is 11.9 Å². The molecule has 0 aromatic heterocycles. The Morgan fingerprint density at radius 3 is 2.80 bits per heavy atom. The molecule has 25 heavy (non-hydrogen) atoms. The average molecular weight is 349 g/mol. The van der Waals surface area contributed by atoms with E-state index in [1.807, 2.05) is 0 Å². The fourth-order valence-corrected chi connectivity index (χ4v) is 2.96. The minimum atomic E-state index is -0.932. The summed E-state index contributed by atoms with van der Waals surface area (Å²) in [6, 6.07) is 7.02. The summed E-state index contributed by atoms with van der Waals surface area (Å²) in [7, 11) is 3.62. The van der Waals surface area contributed by atoms with E-state index in [4.69, 9.17) is 4.74 Å². The van der Waals surface area contributed by atoms with Crippen LogP contribution in [0.1, 0.15) is 12.8 Å². The van der Waals surface area contributed by atoms with Crippen LogP contribution in [0.25, 0.3) is 0 Å². The second-order valence-corrected chi connectivity index (χ2v) is 6.48. The molecule has 138 valence electrons. The van der Waals surface area contributed by atoms with Crippen molar-refractivity contribution < 1.29 is 19.4 Å². The first-order chi connectivity index (χ1) is 12.0. The quantitative estimate of drug-likeness (QED) is 0.774. The predicted octanol–water partition coefficient (Wildman–Crippen LogP) is 1.36. The van der Waals surface area contributed by atoms with Gasteiger partial charge in [-0.15, -0.1) is 0 Å². The van der Waals surface area contributed by atoms with E-state index >= 15 is 0 Å². The number of carbonyl (C=O) groups excluding carboxylic acids is 1. The zero-order valence-corrected chi connectivity index (χ0v) is 14.9. The fourth-order valence-electron chi connectivity index (χ4n) is 2.96. The molecule has 0 aliphatic carbocycles. The van der Waals surface area contributed by atoms with E-state index in [1.165, 1.54) is 0 Å². The van der Waals surface area contributed by atoms with Crippen molar-refractivity contribution in [1.82, 2.24) is 9.80 Å². The van der Waals surface area contributed by atoms with Gasteiger partial charge in [0.25, 0.3) is 0 Å². The molecule has 1 saturated heterocycles. The van der Waals surface area contributed by atoms with Crippen molar-refractivity contribution in [2.24, 2.45) is 5.92 Å². The van der Waals surface area contributed by atoms with Crippen LogP contribution in [0.3, 0.4) is 0 Å². The number of carboxylic acids is 1. The van der Waals surface area contributed by atoms with Crippen LogP contribution in [0, 0.1) is 5.92 Å². The largest absolute Gasteiger partial charge is 0.497 e. The Labute approximate surface area is 148 Å². The molecule has 0 spiro atoms. The number of anilines is 1. The molecule has 1 heterocycles. The zero-order valence-electron chi connectivity index (χ0n) is 14.9. The third kappa shape index (κ3) is 6.36. The smallest absolute Gasteiger partial charge is 0.308 e. The molecular weight excluding hydrogens is 322 g/mol. The van der Waals surface area contributed by atoms with Crippen molar-refractivity contribution in [1.29, 1.82) is 0 Å². The Kier molecular flexibility index (Phi) is 7.21.